The molecule has 3 rings (SSSR count). The molecule has 106 valence electrons. The molecule has 0 spiro atoms. The van der Waals surface area contributed by atoms with Crippen molar-refractivity contribution in [2.24, 2.45) is 11.1 Å². The van der Waals surface area contributed by atoms with Gasteiger partial charge in [-0.1, -0.05) is 12.1 Å². The second kappa shape index (κ2) is 4.59. The van der Waals surface area contributed by atoms with Crippen LogP contribution < -0.4 is 14.2 Å². The molecule has 2 aliphatic heterocycles. The number of rotatable bonds is 3. The zero-order valence-electron chi connectivity index (χ0n) is 11.0. The summed E-state index contributed by atoms with van der Waals surface area (Å²) in [6, 6.07) is 3.50. The third kappa shape index (κ3) is 1.82. The lowest BCUT2D eigenvalue weighted by atomic mass is 9.93. The fraction of sp³-hybridized carbons (Fsp3) is 0.385. The average Bonchev–Trinajstić information content (AvgIpc) is 3.03. The van der Waals surface area contributed by atoms with Gasteiger partial charge in [-0.3, -0.25) is 0 Å². The number of carboxylic acid groups (broad SMARTS) is 1. The first-order valence-corrected chi connectivity index (χ1v) is 6.06. The number of oxime groups is 1. The van der Waals surface area contributed by atoms with Crippen molar-refractivity contribution in [3.63, 3.8) is 0 Å². The van der Waals surface area contributed by atoms with Crippen molar-refractivity contribution in [3.05, 3.63) is 17.7 Å². The topological polar surface area (TPSA) is 86.6 Å². The van der Waals surface area contributed by atoms with Gasteiger partial charge in [0.15, 0.2) is 23.3 Å². The largest absolute Gasteiger partial charge is 0.493 e. The van der Waals surface area contributed by atoms with Crippen LogP contribution >= 0.6 is 0 Å². The summed E-state index contributed by atoms with van der Waals surface area (Å²) in [5.74, 6) is 0.181. The number of fused-ring (bicyclic) bond motifs is 1. The van der Waals surface area contributed by atoms with Crippen molar-refractivity contribution in [3.8, 4) is 17.2 Å². The van der Waals surface area contributed by atoms with E-state index in [-0.39, 0.29) is 18.4 Å². The summed E-state index contributed by atoms with van der Waals surface area (Å²) >= 11 is 0. The van der Waals surface area contributed by atoms with Crippen molar-refractivity contribution >= 4 is 11.7 Å². The van der Waals surface area contributed by atoms with E-state index in [9.17, 15) is 4.79 Å². The van der Waals surface area contributed by atoms with Gasteiger partial charge in [0.1, 0.15) is 0 Å². The summed E-state index contributed by atoms with van der Waals surface area (Å²) in [6.07, 6.45) is -0.482. The summed E-state index contributed by atoms with van der Waals surface area (Å²) in [6.45, 7) is 1.88. The van der Waals surface area contributed by atoms with Crippen molar-refractivity contribution in [1.29, 1.82) is 0 Å². The number of nitrogens with zero attached hydrogens (tertiary/aromatic N) is 1. The fourth-order valence-electron chi connectivity index (χ4n) is 2.33. The summed E-state index contributed by atoms with van der Waals surface area (Å²) in [4.78, 5) is 16.3. The first-order chi connectivity index (χ1) is 9.61. The summed E-state index contributed by atoms with van der Waals surface area (Å²) in [5.41, 5.74) is 0.741. The van der Waals surface area contributed by atoms with E-state index in [4.69, 9.17) is 24.2 Å². The van der Waals surface area contributed by atoms with Crippen LogP contribution in [0.3, 0.4) is 0 Å². The van der Waals surface area contributed by atoms with Crippen LogP contribution in [-0.4, -0.2) is 30.7 Å². The SMILES string of the molecule is COc1cc([C@H]2ON=C(C(=O)O)[C@@H]2C)cc2c1OCO2. The predicted octanol–water partition coefficient (Wildman–Crippen LogP) is 1.57. The van der Waals surface area contributed by atoms with Gasteiger partial charge in [0.25, 0.3) is 0 Å². The Morgan fingerprint density at radius 3 is 2.90 bits per heavy atom. The summed E-state index contributed by atoms with van der Waals surface area (Å²) in [5, 5.41) is 12.7. The second-order valence-corrected chi connectivity index (χ2v) is 4.55. The van der Waals surface area contributed by atoms with Crippen LogP contribution in [0.4, 0.5) is 0 Å². The molecule has 2 atom stereocenters. The molecule has 1 N–H and O–H groups in total. The highest BCUT2D eigenvalue weighted by Crippen LogP contribution is 2.45. The quantitative estimate of drug-likeness (QED) is 0.903. The number of hydrogen-bond donors (Lipinski definition) is 1. The molecule has 0 radical (unpaired) electrons. The molecule has 0 amide bonds. The van der Waals surface area contributed by atoms with Crippen molar-refractivity contribution in [2.75, 3.05) is 13.9 Å². The van der Waals surface area contributed by atoms with Crippen molar-refractivity contribution in [1.82, 2.24) is 0 Å². The molecule has 0 saturated carbocycles. The first-order valence-electron chi connectivity index (χ1n) is 6.06. The molecular weight excluding hydrogens is 266 g/mol. The Kier molecular flexibility index (Phi) is 2.89. The fourth-order valence-corrected chi connectivity index (χ4v) is 2.33. The molecule has 2 aliphatic rings. The van der Waals surface area contributed by atoms with E-state index in [1.54, 1.807) is 19.1 Å². The summed E-state index contributed by atoms with van der Waals surface area (Å²) < 4.78 is 15.9. The number of aliphatic carboxylic acids is 1. The zero-order chi connectivity index (χ0) is 14.3. The monoisotopic (exact) mass is 279 g/mol. The molecule has 1 aromatic carbocycles. The highest BCUT2D eigenvalue weighted by atomic mass is 16.7. The second-order valence-electron chi connectivity index (χ2n) is 4.55. The van der Waals surface area contributed by atoms with Gasteiger partial charge in [0.05, 0.1) is 13.0 Å². The number of methoxy groups -OCH3 is 1. The van der Waals surface area contributed by atoms with Crippen LogP contribution in [0.15, 0.2) is 17.3 Å². The molecule has 0 fully saturated rings. The maximum Gasteiger partial charge on any atom is 0.354 e. The lowest BCUT2D eigenvalue weighted by molar-refractivity contribution is -0.129. The van der Waals surface area contributed by atoms with Gasteiger partial charge >= 0.3 is 5.97 Å². The minimum Gasteiger partial charge on any atom is -0.493 e. The number of ether oxygens (including phenoxy) is 3. The lowest BCUT2D eigenvalue weighted by Crippen LogP contribution is -2.21. The van der Waals surface area contributed by atoms with E-state index in [2.05, 4.69) is 5.16 Å². The van der Waals surface area contributed by atoms with Gasteiger partial charge in [0.2, 0.25) is 12.5 Å². The third-order valence-electron chi connectivity index (χ3n) is 3.38. The third-order valence-corrected chi connectivity index (χ3v) is 3.38. The number of carbonyl (C=O) groups is 1. The lowest BCUT2D eigenvalue weighted by Gasteiger charge is -2.15. The molecule has 0 aromatic heterocycles. The Morgan fingerprint density at radius 2 is 2.25 bits per heavy atom. The van der Waals surface area contributed by atoms with Crippen LogP contribution in [0, 0.1) is 5.92 Å². The van der Waals surface area contributed by atoms with Gasteiger partial charge < -0.3 is 24.2 Å². The average molecular weight is 279 g/mol. The minimum atomic E-state index is -1.08. The Labute approximate surface area is 114 Å². The normalized spacial score (nSPS) is 23.2. The maximum absolute atomic E-state index is 11.0. The molecule has 2 heterocycles. The molecule has 7 heteroatoms. The van der Waals surface area contributed by atoms with E-state index < -0.39 is 12.1 Å². The van der Waals surface area contributed by atoms with Gasteiger partial charge in [-0.25, -0.2) is 4.79 Å². The standard InChI is InChI=1S/C13H13NO6/c1-6-10(13(15)16)14-20-11(6)7-3-8(17-2)12-9(4-7)18-5-19-12/h3-4,6,11H,5H2,1-2H3,(H,15,16)/t6-,11-/m0/s1. The van der Waals surface area contributed by atoms with Gasteiger partial charge in [0, 0.05) is 5.56 Å². The maximum atomic E-state index is 11.0. The van der Waals surface area contributed by atoms with Crippen molar-refractivity contribution < 1.29 is 28.9 Å². The minimum absolute atomic E-state index is 0.00614. The van der Waals surface area contributed by atoms with E-state index >= 15 is 0 Å². The molecule has 7 nitrogen and oxygen atoms in total. The molecule has 0 saturated heterocycles. The van der Waals surface area contributed by atoms with Crippen LogP contribution in [-0.2, 0) is 9.63 Å². The van der Waals surface area contributed by atoms with Crippen LogP contribution in [0.5, 0.6) is 17.2 Å². The number of hydrogen-bond acceptors (Lipinski definition) is 6. The van der Waals surface area contributed by atoms with E-state index in [0.29, 0.717) is 17.2 Å². The predicted molar refractivity (Wildman–Crippen MR) is 67.2 cm³/mol. The zero-order valence-corrected chi connectivity index (χ0v) is 11.0. The van der Waals surface area contributed by atoms with E-state index in [0.717, 1.165) is 5.56 Å². The number of benzene rings is 1. The van der Waals surface area contributed by atoms with Crippen LogP contribution in [0.1, 0.15) is 18.6 Å². The van der Waals surface area contributed by atoms with Crippen molar-refractivity contribution in [2.45, 2.75) is 13.0 Å². The van der Waals surface area contributed by atoms with Crippen LogP contribution in [0.2, 0.25) is 0 Å². The molecule has 0 unspecified atom stereocenters. The smallest absolute Gasteiger partial charge is 0.354 e. The Balaban J connectivity index is 1.95. The molecular formula is C13H13NO6. The van der Waals surface area contributed by atoms with Gasteiger partial charge in [-0.15, -0.1) is 0 Å². The number of carboxylic acids is 1. The highest BCUT2D eigenvalue weighted by molar-refractivity contribution is 6.36. The Morgan fingerprint density at radius 1 is 1.45 bits per heavy atom. The van der Waals surface area contributed by atoms with E-state index in [1.165, 1.54) is 7.11 Å². The Hall–Kier alpha value is -2.44. The van der Waals surface area contributed by atoms with E-state index in [1.807, 2.05) is 0 Å². The molecule has 0 bridgehead atoms. The molecule has 0 aliphatic carbocycles. The molecule has 20 heavy (non-hydrogen) atoms. The first kappa shape index (κ1) is 12.6. The van der Waals surface area contributed by atoms with Gasteiger partial charge in [-0.05, 0) is 12.1 Å². The molecule has 1 aromatic rings. The van der Waals surface area contributed by atoms with Gasteiger partial charge in [-0.2, -0.15) is 0 Å². The highest BCUT2D eigenvalue weighted by Gasteiger charge is 2.37. The Bertz CT molecular complexity index is 597. The van der Waals surface area contributed by atoms with Crippen LogP contribution in [0.25, 0.3) is 0 Å². The summed E-state index contributed by atoms with van der Waals surface area (Å²) in [7, 11) is 1.53.